The first kappa shape index (κ1) is 19.1. The molecule has 1 aromatic heterocycles. The summed E-state index contributed by atoms with van der Waals surface area (Å²) in [6.45, 7) is 0.135. The van der Waals surface area contributed by atoms with Gasteiger partial charge in [0.2, 0.25) is 0 Å². The quantitative estimate of drug-likeness (QED) is 0.403. The van der Waals surface area contributed by atoms with E-state index in [-0.39, 0.29) is 12.5 Å². The Hall–Kier alpha value is -1.21. The zero-order chi connectivity index (χ0) is 17.4. The van der Waals surface area contributed by atoms with Gasteiger partial charge in [-0.2, -0.15) is 16.9 Å². The summed E-state index contributed by atoms with van der Waals surface area (Å²) >= 11 is 14.8. The van der Waals surface area contributed by atoms with E-state index in [2.05, 4.69) is 22.8 Å². The minimum atomic E-state index is -0.636. The molecule has 0 aliphatic heterocycles. The van der Waals surface area contributed by atoms with Crippen molar-refractivity contribution in [3.63, 3.8) is 0 Å². The zero-order valence-corrected chi connectivity index (χ0v) is 16.1. The predicted octanol–water partition coefficient (Wildman–Crippen LogP) is 4.98. The summed E-state index contributed by atoms with van der Waals surface area (Å²) in [6.07, 6.45) is 1.42. The summed E-state index contributed by atoms with van der Waals surface area (Å²) in [7, 11) is 0. The predicted molar refractivity (Wildman–Crippen MR) is 104 cm³/mol. The molecule has 2 rings (SSSR count). The number of thiophene rings is 1. The van der Waals surface area contributed by atoms with Crippen LogP contribution in [-0.2, 0) is 10.5 Å². The molecule has 0 unspecified atom stereocenters. The molecule has 1 amide bonds. The molecule has 0 fully saturated rings. The lowest BCUT2D eigenvalue weighted by Crippen LogP contribution is -2.22. The summed E-state index contributed by atoms with van der Waals surface area (Å²) in [5.41, 5.74) is 3.92. The topological polar surface area (TPSA) is 50.7 Å². The van der Waals surface area contributed by atoms with Gasteiger partial charge in [0.15, 0.2) is 0 Å². The molecule has 0 saturated carbocycles. The van der Waals surface area contributed by atoms with Gasteiger partial charge in [0.25, 0.3) is 0 Å². The van der Waals surface area contributed by atoms with Crippen molar-refractivity contribution in [2.24, 2.45) is 5.10 Å². The monoisotopic (exact) mass is 402 g/mol. The molecule has 0 aliphatic rings. The van der Waals surface area contributed by atoms with Gasteiger partial charge in [0.05, 0.1) is 10.8 Å². The van der Waals surface area contributed by atoms with Crippen molar-refractivity contribution in [2.75, 3.05) is 18.7 Å². The molecule has 0 aliphatic carbocycles. The fraction of sp³-hybridized carbons (Fsp3) is 0.250. The van der Waals surface area contributed by atoms with Gasteiger partial charge in [-0.05, 0) is 30.5 Å². The van der Waals surface area contributed by atoms with Gasteiger partial charge in [0, 0.05) is 21.2 Å². The third-order valence-corrected chi connectivity index (χ3v) is 5.15. The number of nitrogens with zero attached hydrogens (tertiary/aromatic N) is 1. The first-order valence-electron chi connectivity index (χ1n) is 7.04. The van der Waals surface area contributed by atoms with Crippen molar-refractivity contribution in [3.8, 4) is 0 Å². The Morgan fingerprint density at radius 3 is 2.71 bits per heavy atom. The maximum atomic E-state index is 11.6. The van der Waals surface area contributed by atoms with E-state index in [9.17, 15) is 4.79 Å². The molecule has 0 atom stereocenters. The highest BCUT2D eigenvalue weighted by atomic mass is 35.5. The second-order valence-electron chi connectivity index (χ2n) is 4.60. The normalized spacial score (nSPS) is 11.4. The van der Waals surface area contributed by atoms with E-state index in [1.54, 1.807) is 35.2 Å². The number of carbonyl (C=O) groups excluding carboxylic acids is 1. The molecule has 0 saturated heterocycles. The van der Waals surface area contributed by atoms with Crippen LogP contribution in [0.1, 0.15) is 15.3 Å². The van der Waals surface area contributed by atoms with Crippen LogP contribution in [0.5, 0.6) is 0 Å². The summed E-state index contributed by atoms with van der Waals surface area (Å²) in [4.78, 5) is 13.8. The number of hydrogen-bond acceptors (Lipinski definition) is 5. The van der Waals surface area contributed by atoms with Crippen LogP contribution in [0.2, 0.25) is 5.02 Å². The van der Waals surface area contributed by atoms with Crippen molar-refractivity contribution >= 4 is 58.1 Å². The van der Waals surface area contributed by atoms with E-state index in [0.29, 0.717) is 10.7 Å². The number of alkyl halides is 1. The second kappa shape index (κ2) is 9.93. The Balaban J connectivity index is 2.26. The number of hydrogen-bond donors (Lipinski definition) is 1. The van der Waals surface area contributed by atoms with Gasteiger partial charge in [-0.3, -0.25) is 0 Å². The number of halogens is 2. The van der Waals surface area contributed by atoms with Crippen LogP contribution in [0.25, 0.3) is 0 Å². The van der Waals surface area contributed by atoms with E-state index < -0.39 is 6.09 Å². The first-order valence-corrected chi connectivity index (χ1v) is 10.2. The first-order chi connectivity index (χ1) is 11.6. The van der Waals surface area contributed by atoms with E-state index in [1.807, 2.05) is 18.2 Å². The minimum Gasteiger partial charge on any atom is -0.447 e. The van der Waals surface area contributed by atoms with Gasteiger partial charge >= 0.3 is 6.09 Å². The third-order valence-electron chi connectivity index (χ3n) is 2.87. The molecule has 24 heavy (non-hydrogen) atoms. The largest absolute Gasteiger partial charge is 0.447 e. The van der Waals surface area contributed by atoms with Crippen LogP contribution >= 0.6 is 46.3 Å². The summed E-state index contributed by atoms with van der Waals surface area (Å²) in [6, 6.07) is 11.4. The van der Waals surface area contributed by atoms with Crippen LogP contribution in [0.15, 0.2) is 41.5 Å². The number of amides is 1. The fourth-order valence-corrected chi connectivity index (χ4v) is 3.85. The molecule has 0 radical (unpaired) electrons. The molecule has 4 nitrogen and oxygen atoms in total. The van der Waals surface area contributed by atoms with Crippen LogP contribution in [0.4, 0.5) is 4.79 Å². The highest BCUT2D eigenvalue weighted by molar-refractivity contribution is 7.97. The Morgan fingerprint density at radius 2 is 2.04 bits per heavy atom. The Labute approximate surface area is 159 Å². The lowest BCUT2D eigenvalue weighted by Gasteiger charge is -2.06. The van der Waals surface area contributed by atoms with Crippen molar-refractivity contribution < 1.29 is 9.53 Å². The second-order valence-corrected chi connectivity index (χ2v) is 7.45. The van der Waals surface area contributed by atoms with Crippen molar-refractivity contribution in [2.45, 2.75) is 5.75 Å². The van der Waals surface area contributed by atoms with Gasteiger partial charge in [0.1, 0.15) is 12.3 Å². The molecule has 0 spiro atoms. The van der Waals surface area contributed by atoms with Crippen molar-refractivity contribution in [1.82, 2.24) is 5.43 Å². The van der Waals surface area contributed by atoms with Crippen LogP contribution in [-0.4, -0.2) is 30.5 Å². The SMILES string of the molecule is CSCc1ccc(C(=NNC(=O)OCCCl)c2ccc(Cl)cc2)s1. The number of carbonyl (C=O) groups is 1. The maximum Gasteiger partial charge on any atom is 0.427 e. The smallest absolute Gasteiger partial charge is 0.427 e. The van der Waals surface area contributed by atoms with Gasteiger partial charge < -0.3 is 4.74 Å². The number of hydrazone groups is 1. The van der Waals surface area contributed by atoms with E-state index >= 15 is 0 Å². The highest BCUT2D eigenvalue weighted by Gasteiger charge is 2.12. The van der Waals surface area contributed by atoms with Crippen molar-refractivity contribution in [3.05, 3.63) is 56.7 Å². The molecule has 2 aromatic rings. The zero-order valence-electron chi connectivity index (χ0n) is 12.9. The average molecular weight is 403 g/mol. The molecule has 1 heterocycles. The number of rotatable bonds is 7. The summed E-state index contributed by atoms with van der Waals surface area (Å²) in [5.74, 6) is 1.17. The fourth-order valence-electron chi connectivity index (χ4n) is 1.86. The Bertz CT molecular complexity index is 702. The highest BCUT2D eigenvalue weighted by Crippen LogP contribution is 2.24. The molecular weight excluding hydrogens is 387 g/mol. The standard InChI is InChI=1S/C16H16Cl2N2O2S2/c1-23-10-13-6-7-14(24-13)15(11-2-4-12(18)5-3-11)19-20-16(21)22-9-8-17/h2-7H,8-10H2,1H3,(H,20,21). The molecule has 0 bridgehead atoms. The molecule has 1 N–H and O–H groups in total. The van der Waals surface area contributed by atoms with E-state index in [0.717, 1.165) is 16.2 Å². The van der Waals surface area contributed by atoms with Crippen LogP contribution in [0.3, 0.4) is 0 Å². The van der Waals surface area contributed by atoms with Crippen LogP contribution < -0.4 is 5.43 Å². The van der Waals surface area contributed by atoms with Gasteiger partial charge in [-0.15, -0.1) is 22.9 Å². The lowest BCUT2D eigenvalue weighted by molar-refractivity contribution is 0.153. The van der Waals surface area contributed by atoms with Crippen LogP contribution in [0, 0.1) is 0 Å². The summed E-state index contributed by atoms with van der Waals surface area (Å²) in [5, 5.41) is 4.87. The minimum absolute atomic E-state index is 0.135. The Kier molecular flexibility index (Phi) is 7.91. The van der Waals surface area contributed by atoms with Gasteiger partial charge in [-0.1, -0.05) is 23.7 Å². The maximum absolute atomic E-state index is 11.6. The average Bonchev–Trinajstić information content (AvgIpc) is 3.03. The van der Waals surface area contributed by atoms with E-state index in [4.69, 9.17) is 27.9 Å². The van der Waals surface area contributed by atoms with E-state index in [1.165, 1.54) is 4.88 Å². The Morgan fingerprint density at radius 1 is 1.29 bits per heavy atom. The molecule has 128 valence electrons. The molecule has 8 heteroatoms. The number of nitrogens with one attached hydrogen (secondary N) is 1. The third kappa shape index (κ3) is 5.70. The lowest BCUT2D eigenvalue weighted by atomic mass is 10.1. The number of benzene rings is 1. The van der Waals surface area contributed by atoms with Crippen molar-refractivity contribution in [1.29, 1.82) is 0 Å². The number of ether oxygens (including phenoxy) is 1. The number of thioether (sulfide) groups is 1. The summed E-state index contributed by atoms with van der Waals surface area (Å²) < 4.78 is 4.87. The van der Waals surface area contributed by atoms with Gasteiger partial charge in [-0.25, -0.2) is 10.2 Å². The molecular formula is C16H16Cl2N2O2S2. The molecule has 1 aromatic carbocycles.